The second kappa shape index (κ2) is 9.00. The second-order valence-corrected chi connectivity index (χ2v) is 7.16. The molecule has 0 aliphatic carbocycles. The van der Waals surface area contributed by atoms with Crippen LogP contribution in [0.5, 0.6) is 5.75 Å². The number of amides is 1. The third-order valence-electron chi connectivity index (χ3n) is 5.21. The molecule has 4 atom stereocenters. The third kappa shape index (κ3) is 4.46. The molecule has 30 heavy (non-hydrogen) atoms. The van der Waals surface area contributed by atoms with E-state index >= 15 is 0 Å². The molecule has 2 bridgehead atoms. The zero-order valence-corrected chi connectivity index (χ0v) is 16.5. The number of carbonyl (C=O) groups excluding carboxylic acids is 2. The van der Waals surface area contributed by atoms with Gasteiger partial charge in [0.15, 0.2) is 0 Å². The van der Waals surface area contributed by atoms with Crippen molar-refractivity contribution < 1.29 is 28.5 Å². The van der Waals surface area contributed by atoms with Crippen molar-refractivity contribution in [1.29, 1.82) is 0 Å². The number of hydrogen-bond donors (Lipinski definition) is 1. The molecule has 0 saturated carbocycles. The summed E-state index contributed by atoms with van der Waals surface area (Å²) < 4.78 is 21.7. The van der Waals surface area contributed by atoms with E-state index in [1.807, 2.05) is 54.6 Å². The van der Waals surface area contributed by atoms with E-state index in [4.69, 9.17) is 18.9 Å². The fourth-order valence-corrected chi connectivity index (χ4v) is 3.63. The molecule has 2 aliphatic rings. The van der Waals surface area contributed by atoms with Crippen LogP contribution in [0.4, 0.5) is 4.79 Å². The minimum absolute atomic E-state index is 0.108. The molecule has 1 N–H and O–H groups in total. The van der Waals surface area contributed by atoms with Crippen molar-refractivity contribution in [3.63, 3.8) is 0 Å². The van der Waals surface area contributed by atoms with Crippen molar-refractivity contribution in [2.75, 3.05) is 7.11 Å². The first-order valence-electron chi connectivity index (χ1n) is 9.74. The van der Waals surface area contributed by atoms with Gasteiger partial charge < -0.3 is 24.3 Å². The molecule has 0 radical (unpaired) electrons. The van der Waals surface area contributed by atoms with E-state index in [0.29, 0.717) is 0 Å². The molecule has 1 fully saturated rings. The highest BCUT2D eigenvalue weighted by atomic mass is 16.6. The predicted molar refractivity (Wildman–Crippen MR) is 108 cm³/mol. The highest BCUT2D eigenvalue weighted by molar-refractivity contribution is 5.77. The Balaban J connectivity index is 1.32. The number of esters is 1. The first-order chi connectivity index (χ1) is 14.6. The number of benzene rings is 2. The van der Waals surface area contributed by atoms with Crippen LogP contribution in [-0.2, 0) is 32.2 Å². The Hall–Kier alpha value is -3.32. The fraction of sp³-hybridized carbons (Fsp3) is 0.304. The van der Waals surface area contributed by atoms with Crippen LogP contribution in [-0.4, -0.2) is 37.4 Å². The van der Waals surface area contributed by atoms with Gasteiger partial charge in [-0.25, -0.2) is 4.79 Å². The third-order valence-corrected chi connectivity index (χ3v) is 5.21. The molecule has 0 aromatic heterocycles. The Morgan fingerprint density at radius 1 is 0.900 bits per heavy atom. The Kier molecular flexibility index (Phi) is 5.99. The lowest BCUT2D eigenvalue weighted by molar-refractivity contribution is -0.151. The number of rotatable bonds is 7. The minimum atomic E-state index is -0.614. The van der Waals surface area contributed by atoms with Crippen LogP contribution in [0.3, 0.4) is 0 Å². The van der Waals surface area contributed by atoms with E-state index in [1.165, 1.54) is 0 Å². The molecule has 1 amide bonds. The highest BCUT2D eigenvalue weighted by Crippen LogP contribution is 2.35. The van der Waals surface area contributed by atoms with Crippen molar-refractivity contribution in [2.45, 2.75) is 31.5 Å². The standard InChI is InChI=1S/C23H23NO6/c1-27-17-9-7-16(8-10-17)14-29-23(26)24-21-19-12-11-18(30-19)20(21)22(25)28-13-15-5-3-2-4-6-15/h2-12,18-21H,13-14H2,1H3,(H,24,26)/t18-,19+,20-,21+/m1/s1. The van der Waals surface area contributed by atoms with Crippen LogP contribution >= 0.6 is 0 Å². The average Bonchev–Trinajstić information content (AvgIpc) is 3.39. The first-order valence-corrected chi connectivity index (χ1v) is 9.74. The molecule has 7 nitrogen and oxygen atoms in total. The van der Waals surface area contributed by atoms with E-state index in [-0.39, 0.29) is 19.3 Å². The van der Waals surface area contributed by atoms with Crippen LogP contribution < -0.4 is 10.1 Å². The van der Waals surface area contributed by atoms with E-state index in [1.54, 1.807) is 19.2 Å². The molecule has 2 aromatic rings. The Labute approximate surface area is 174 Å². The molecule has 4 rings (SSSR count). The highest BCUT2D eigenvalue weighted by Gasteiger charge is 2.51. The molecule has 156 valence electrons. The van der Waals surface area contributed by atoms with Crippen LogP contribution in [0.15, 0.2) is 66.7 Å². The number of carbonyl (C=O) groups is 2. The maximum absolute atomic E-state index is 12.7. The average molecular weight is 409 g/mol. The lowest BCUT2D eigenvalue weighted by Crippen LogP contribution is -2.48. The lowest BCUT2D eigenvalue weighted by Gasteiger charge is -2.24. The largest absolute Gasteiger partial charge is 0.497 e. The molecule has 0 unspecified atom stereocenters. The fourth-order valence-electron chi connectivity index (χ4n) is 3.63. The summed E-state index contributed by atoms with van der Waals surface area (Å²) in [5, 5.41) is 2.77. The summed E-state index contributed by atoms with van der Waals surface area (Å²) in [7, 11) is 1.59. The number of hydrogen-bond acceptors (Lipinski definition) is 6. The second-order valence-electron chi connectivity index (χ2n) is 7.16. The Morgan fingerprint density at radius 2 is 1.57 bits per heavy atom. The lowest BCUT2D eigenvalue weighted by atomic mass is 9.89. The van der Waals surface area contributed by atoms with Gasteiger partial charge in [0, 0.05) is 0 Å². The minimum Gasteiger partial charge on any atom is -0.497 e. The predicted octanol–water partition coefficient (Wildman–Crippen LogP) is 2.99. The van der Waals surface area contributed by atoms with Crippen LogP contribution in [0, 0.1) is 5.92 Å². The van der Waals surface area contributed by atoms with Crippen molar-refractivity contribution in [1.82, 2.24) is 5.32 Å². The number of fused-ring (bicyclic) bond motifs is 2. The summed E-state index contributed by atoms with van der Waals surface area (Å²) in [4.78, 5) is 25.0. The van der Waals surface area contributed by atoms with Gasteiger partial charge in [-0.05, 0) is 23.3 Å². The smallest absolute Gasteiger partial charge is 0.407 e. The summed E-state index contributed by atoms with van der Waals surface area (Å²) in [6.45, 7) is 0.280. The normalized spacial score (nSPS) is 23.8. The van der Waals surface area contributed by atoms with Crippen molar-refractivity contribution in [2.24, 2.45) is 5.92 Å². The van der Waals surface area contributed by atoms with E-state index < -0.39 is 30.1 Å². The van der Waals surface area contributed by atoms with E-state index in [2.05, 4.69) is 5.32 Å². The monoisotopic (exact) mass is 409 g/mol. The molecule has 2 aromatic carbocycles. The zero-order valence-electron chi connectivity index (χ0n) is 16.5. The number of alkyl carbamates (subject to hydrolysis) is 1. The number of methoxy groups -OCH3 is 1. The molecule has 2 aliphatic heterocycles. The topological polar surface area (TPSA) is 83.1 Å². The van der Waals surface area contributed by atoms with E-state index in [9.17, 15) is 9.59 Å². The molecule has 0 spiro atoms. The quantitative estimate of drug-likeness (QED) is 0.559. The van der Waals surface area contributed by atoms with Gasteiger partial charge in [0.2, 0.25) is 0 Å². The number of nitrogens with one attached hydrogen (secondary N) is 1. The summed E-state index contributed by atoms with van der Waals surface area (Å²) >= 11 is 0. The summed E-state index contributed by atoms with van der Waals surface area (Å²) in [6, 6.07) is 16.1. The maximum atomic E-state index is 12.7. The summed E-state index contributed by atoms with van der Waals surface area (Å²) in [5.41, 5.74) is 1.72. The van der Waals surface area contributed by atoms with Gasteiger partial charge in [0.05, 0.1) is 25.4 Å². The zero-order chi connectivity index (χ0) is 20.9. The van der Waals surface area contributed by atoms with E-state index in [0.717, 1.165) is 16.9 Å². The van der Waals surface area contributed by atoms with Gasteiger partial charge in [-0.3, -0.25) is 4.79 Å². The van der Waals surface area contributed by atoms with Gasteiger partial charge in [-0.1, -0.05) is 54.6 Å². The Bertz CT molecular complexity index is 911. The van der Waals surface area contributed by atoms with Crippen molar-refractivity contribution in [3.8, 4) is 5.75 Å². The van der Waals surface area contributed by atoms with Gasteiger partial charge >= 0.3 is 12.1 Å². The van der Waals surface area contributed by atoms with Crippen molar-refractivity contribution >= 4 is 12.1 Å². The van der Waals surface area contributed by atoms with Crippen molar-refractivity contribution in [3.05, 3.63) is 77.9 Å². The molecule has 1 saturated heterocycles. The van der Waals surface area contributed by atoms with Gasteiger partial charge in [0.1, 0.15) is 24.9 Å². The molecule has 7 heteroatoms. The van der Waals surface area contributed by atoms with Gasteiger partial charge in [0.25, 0.3) is 0 Å². The summed E-state index contributed by atoms with van der Waals surface area (Å²) in [5.74, 6) is -0.292. The molecular weight excluding hydrogens is 386 g/mol. The first kappa shape index (κ1) is 20.0. The molecular formula is C23H23NO6. The van der Waals surface area contributed by atoms with Crippen LogP contribution in [0.25, 0.3) is 0 Å². The Morgan fingerprint density at radius 3 is 2.30 bits per heavy atom. The SMILES string of the molecule is COc1ccc(COC(=O)N[C@@H]2[C@H](C(=O)OCc3ccccc3)[C@H]3C=C[C@@H]2O3)cc1. The van der Waals surface area contributed by atoms with Crippen LogP contribution in [0.1, 0.15) is 11.1 Å². The van der Waals surface area contributed by atoms with Gasteiger partial charge in [-0.2, -0.15) is 0 Å². The molecule has 2 heterocycles. The van der Waals surface area contributed by atoms with Gasteiger partial charge in [-0.15, -0.1) is 0 Å². The summed E-state index contributed by atoms with van der Waals surface area (Å²) in [6.07, 6.45) is 2.28. The van der Waals surface area contributed by atoms with Crippen LogP contribution in [0.2, 0.25) is 0 Å². The maximum Gasteiger partial charge on any atom is 0.407 e. The number of ether oxygens (including phenoxy) is 4.